The molecule has 1 aliphatic rings. The molecule has 0 fully saturated rings. The average Bonchev–Trinajstić information content (AvgIpc) is 2.03. The maximum atomic E-state index is 5.55. The molecular formula is C9H11N3. The third-order valence-corrected chi connectivity index (χ3v) is 2.03. The molecule has 0 spiro atoms. The molecule has 1 aliphatic heterocycles. The third kappa shape index (κ3) is 1.18. The van der Waals surface area contributed by atoms with Crippen molar-refractivity contribution in [1.29, 1.82) is 0 Å². The third-order valence-electron chi connectivity index (χ3n) is 2.03. The summed E-state index contributed by atoms with van der Waals surface area (Å²) >= 11 is 0. The second-order valence-electron chi connectivity index (χ2n) is 3.07. The fourth-order valence-corrected chi connectivity index (χ4v) is 1.34. The lowest BCUT2D eigenvalue weighted by molar-refractivity contribution is 0.980. The van der Waals surface area contributed by atoms with Crippen LogP contribution in [0.2, 0.25) is 0 Å². The van der Waals surface area contributed by atoms with Gasteiger partial charge in [-0.15, -0.1) is 0 Å². The van der Waals surface area contributed by atoms with E-state index in [0.717, 1.165) is 24.4 Å². The fraction of sp³-hybridized carbons (Fsp3) is 0.333. The van der Waals surface area contributed by atoms with Gasteiger partial charge in [0.1, 0.15) is 5.82 Å². The number of rotatable bonds is 0. The van der Waals surface area contributed by atoms with E-state index in [2.05, 4.69) is 9.98 Å². The van der Waals surface area contributed by atoms with Crippen LogP contribution in [-0.4, -0.2) is 10.7 Å². The van der Waals surface area contributed by atoms with Crippen LogP contribution in [0.5, 0.6) is 0 Å². The molecule has 0 aliphatic carbocycles. The van der Waals surface area contributed by atoms with Crippen molar-refractivity contribution in [2.75, 3.05) is 5.73 Å². The molecule has 0 aromatic carbocycles. The van der Waals surface area contributed by atoms with E-state index < -0.39 is 0 Å². The van der Waals surface area contributed by atoms with Crippen LogP contribution in [0.1, 0.15) is 18.9 Å². The van der Waals surface area contributed by atoms with Crippen LogP contribution in [0.3, 0.4) is 0 Å². The minimum absolute atomic E-state index is 0.548. The minimum atomic E-state index is 0.548. The number of nitrogen functional groups attached to an aromatic ring is 1. The summed E-state index contributed by atoms with van der Waals surface area (Å²) < 4.78 is 0. The van der Waals surface area contributed by atoms with E-state index in [0.29, 0.717) is 5.82 Å². The standard InChI is InChI=1S/C9H11N3/c1-6-2-3-7-4-5-8(10)12-9(7)11-6/h4-5H,2-3H2,1H3,(H2,10,12). The van der Waals surface area contributed by atoms with Gasteiger partial charge in [0, 0.05) is 5.71 Å². The molecule has 2 N–H and O–H groups in total. The normalized spacial score (nSPS) is 15.2. The highest BCUT2D eigenvalue weighted by Crippen LogP contribution is 2.24. The van der Waals surface area contributed by atoms with Gasteiger partial charge in [0.05, 0.1) is 0 Å². The van der Waals surface area contributed by atoms with E-state index in [1.807, 2.05) is 19.1 Å². The molecule has 12 heavy (non-hydrogen) atoms. The summed E-state index contributed by atoms with van der Waals surface area (Å²) in [6.45, 7) is 2.02. The Kier molecular flexibility index (Phi) is 1.57. The Hall–Kier alpha value is -1.38. The lowest BCUT2D eigenvalue weighted by Gasteiger charge is -2.11. The zero-order valence-corrected chi connectivity index (χ0v) is 7.04. The van der Waals surface area contributed by atoms with Crippen LogP contribution in [-0.2, 0) is 6.42 Å². The summed E-state index contributed by atoms with van der Waals surface area (Å²) in [6, 6.07) is 3.84. The maximum absolute atomic E-state index is 5.55. The van der Waals surface area contributed by atoms with Crippen LogP contribution >= 0.6 is 0 Å². The van der Waals surface area contributed by atoms with Gasteiger partial charge in [-0.05, 0) is 31.4 Å². The predicted octanol–water partition coefficient (Wildman–Crippen LogP) is 1.70. The molecule has 2 rings (SSSR count). The Bertz CT molecular complexity index is 342. The number of aryl methyl sites for hydroxylation is 1. The van der Waals surface area contributed by atoms with E-state index in [-0.39, 0.29) is 0 Å². The lowest BCUT2D eigenvalue weighted by Crippen LogP contribution is -2.03. The Morgan fingerprint density at radius 2 is 2.17 bits per heavy atom. The minimum Gasteiger partial charge on any atom is -0.384 e. The summed E-state index contributed by atoms with van der Waals surface area (Å²) in [4.78, 5) is 8.49. The molecular weight excluding hydrogens is 150 g/mol. The van der Waals surface area contributed by atoms with Crippen molar-refractivity contribution in [3.8, 4) is 0 Å². The number of fused-ring (bicyclic) bond motifs is 1. The highest BCUT2D eigenvalue weighted by molar-refractivity contribution is 5.86. The number of hydrogen-bond acceptors (Lipinski definition) is 3. The first-order chi connectivity index (χ1) is 5.75. The van der Waals surface area contributed by atoms with Crippen LogP contribution in [0.15, 0.2) is 17.1 Å². The van der Waals surface area contributed by atoms with Crippen LogP contribution < -0.4 is 5.73 Å². The van der Waals surface area contributed by atoms with Crippen molar-refractivity contribution >= 4 is 17.3 Å². The zero-order valence-electron chi connectivity index (χ0n) is 7.04. The quantitative estimate of drug-likeness (QED) is 0.629. The maximum Gasteiger partial charge on any atom is 0.157 e. The fourth-order valence-electron chi connectivity index (χ4n) is 1.34. The van der Waals surface area contributed by atoms with Gasteiger partial charge >= 0.3 is 0 Å². The zero-order chi connectivity index (χ0) is 8.55. The number of nitrogens with zero attached hydrogens (tertiary/aromatic N) is 2. The van der Waals surface area contributed by atoms with Crippen molar-refractivity contribution in [2.45, 2.75) is 19.8 Å². The molecule has 1 aromatic rings. The molecule has 3 nitrogen and oxygen atoms in total. The highest BCUT2D eigenvalue weighted by Gasteiger charge is 2.09. The topological polar surface area (TPSA) is 51.3 Å². The van der Waals surface area contributed by atoms with E-state index in [4.69, 9.17) is 5.73 Å². The molecule has 0 saturated heterocycles. The van der Waals surface area contributed by atoms with Crippen molar-refractivity contribution in [3.05, 3.63) is 17.7 Å². The molecule has 0 amide bonds. The summed E-state index contributed by atoms with van der Waals surface area (Å²) in [5.41, 5.74) is 7.89. The number of pyridine rings is 1. The number of aliphatic imine (C=N–C) groups is 1. The van der Waals surface area contributed by atoms with Crippen molar-refractivity contribution in [2.24, 2.45) is 4.99 Å². The SMILES string of the molecule is CC1=Nc2nc(N)ccc2CC1. The van der Waals surface area contributed by atoms with Gasteiger partial charge in [0.15, 0.2) is 5.82 Å². The van der Waals surface area contributed by atoms with E-state index in [1.165, 1.54) is 5.56 Å². The molecule has 2 heterocycles. The molecule has 1 aromatic heterocycles. The number of nitrogens with two attached hydrogens (primary N) is 1. The number of anilines is 1. The van der Waals surface area contributed by atoms with Gasteiger partial charge in [-0.3, -0.25) is 0 Å². The number of hydrogen-bond donors (Lipinski definition) is 1. The van der Waals surface area contributed by atoms with Gasteiger partial charge in [0.25, 0.3) is 0 Å². The largest absolute Gasteiger partial charge is 0.384 e. The molecule has 0 radical (unpaired) electrons. The molecule has 3 heteroatoms. The molecule has 0 bridgehead atoms. The smallest absolute Gasteiger partial charge is 0.157 e. The average molecular weight is 161 g/mol. The van der Waals surface area contributed by atoms with E-state index in [9.17, 15) is 0 Å². The van der Waals surface area contributed by atoms with Gasteiger partial charge in [-0.1, -0.05) is 6.07 Å². The second kappa shape index (κ2) is 2.59. The molecule has 0 saturated carbocycles. The highest BCUT2D eigenvalue weighted by atomic mass is 15.0. The molecule has 0 atom stereocenters. The van der Waals surface area contributed by atoms with E-state index in [1.54, 1.807) is 0 Å². The van der Waals surface area contributed by atoms with Crippen molar-refractivity contribution in [3.63, 3.8) is 0 Å². The predicted molar refractivity (Wildman–Crippen MR) is 49.7 cm³/mol. The summed E-state index contributed by atoms with van der Waals surface area (Å²) in [7, 11) is 0. The van der Waals surface area contributed by atoms with Crippen LogP contribution in [0.25, 0.3) is 0 Å². The Morgan fingerprint density at radius 3 is 3.00 bits per heavy atom. The van der Waals surface area contributed by atoms with E-state index >= 15 is 0 Å². The number of aromatic nitrogens is 1. The first-order valence-electron chi connectivity index (χ1n) is 4.05. The molecule has 62 valence electrons. The first kappa shape index (κ1) is 7.28. The Balaban J connectivity index is 2.53. The first-order valence-corrected chi connectivity index (χ1v) is 4.05. The Labute approximate surface area is 71.3 Å². The summed E-state index contributed by atoms with van der Waals surface area (Å²) in [5, 5.41) is 0. The van der Waals surface area contributed by atoms with Gasteiger partial charge in [0.2, 0.25) is 0 Å². The van der Waals surface area contributed by atoms with Gasteiger partial charge in [-0.25, -0.2) is 9.98 Å². The Morgan fingerprint density at radius 1 is 1.33 bits per heavy atom. The monoisotopic (exact) mass is 161 g/mol. The van der Waals surface area contributed by atoms with Gasteiger partial charge < -0.3 is 5.73 Å². The van der Waals surface area contributed by atoms with Crippen LogP contribution in [0.4, 0.5) is 11.6 Å². The lowest BCUT2D eigenvalue weighted by atomic mass is 10.1. The van der Waals surface area contributed by atoms with Gasteiger partial charge in [-0.2, -0.15) is 0 Å². The summed E-state index contributed by atoms with van der Waals surface area (Å²) in [5.74, 6) is 1.35. The van der Waals surface area contributed by atoms with Crippen molar-refractivity contribution in [1.82, 2.24) is 4.98 Å². The molecule has 0 unspecified atom stereocenters. The van der Waals surface area contributed by atoms with Crippen molar-refractivity contribution < 1.29 is 0 Å². The second-order valence-corrected chi connectivity index (χ2v) is 3.07. The summed E-state index contributed by atoms with van der Waals surface area (Å²) in [6.07, 6.45) is 2.08. The van der Waals surface area contributed by atoms with Crippen LogP contribution in [0, 0.1) is 0 Å².